The molecular formula is C16H30N2O2. The van der Waals surface area contributed by atoms with Crippen LogP contribution in [0.1, 0.15) is 44.9 Å². The van der Waals surface area contributed by atoms with Crippen LogP contribution in [0.4, 0.5) is 0 Å². The Morgan fingerprint density at radius 1 is 1.25 bits per heavy atom. The zero-order valence-electron chi connectivity index (χ0n) is 13.1. The van der Waals surface area contributed by atoms with Crippen LogP contribution >= 0.6 is 0 Å². The first-order valence-corrected chi connectivity index (χ1v) is 8.17. The Balaban J connectivity index is 1.72. The van der Waals surface area contributed by atoms with E-state index in [4.69, 9.17) is 0 Å². The lowest BCUT2D eigenvalue weighted by molar-refractivity contribution is -0.136. The lowest BCUT2D eigenvalue weighted by Crippen LogP contribution is -2.49. The fraction of sp³-hybridized carbons (Fsp3) is 0.938. The Hall–Kier alpha value is -0.610. The minimum Gasteiger partial charge on any atom is -0.391 e. The van der Waals surface area contributed by atoms with Crippen LogP contribution in [0.3, 0.4) is 0 Å². The Labute approximate surface area is 123 Å². The number of hydrogen-bond acceptors (Lipinski definition) is 3. The van der Waals surface area contributed by atoms with Crippen molar-refractivity contribution in [3.05, 3.63) is 0 Å². The van der Waals surface area contributed by atoms with Gasteiger partial charge in [-0.3, -0.25) is 4.79 Å². The summed E-state index contributed by atoms with van der Waals surface area (Å²) in [7, 11) is 4.07. The first-order chi connectivity index (χ1) is 9.56. The first-order valence-electron chi connectivity index (χ1n) is 8.17. The van der Waals surface area contributed by atoms with Crippen LogP contribution in [0.2, 0.25) is 0 Å². The quantitative estimate of drug-likeness (QED) is 0.835. The number of β-amino-alcohol motifs (C(OH)–C–C–N with tert-alkyl or cyclic N) is 1. The largest absolute Gasteiger partial charge is 0.391 e. The summed E-state index contributed by atoms with van der Waals surface area (Å²) in [5.41, 5.74) is 0. The van der Waals surface area contributed by atoms with Crippen molar-refractivity contribution in [3.8, 4) is 0 Å². The molecule has 2 fully saturated rings. The van der Waals surface area contributed by atoms with Crippen molar-refractivity contribution in [1.82, 2.24) is 9.80 Å². The van der Waals surface area contributed by atoms with Crippen LogP contribution < -0.4 is 0 Å². The highest BCUT2D eigenvalue weighted by Gasteiger charge is 2.30. The van der Waals surface area contributed by atoms with Crippen molar-refractivity contribution in [3.63, 3.8) is 0 Å². The third-order valence-corrected chi connectivity index (χ3v) is 4.91. The molecule has 2 rings (SSSR count). The minimum absolute atomic E-state index is 0.249. The topological polar surface area (TPSA) is 43.8 Å². The van der Waals surface area contributed by atoms with Gasteiger partial charge in [0, 0.05) is 32.0 Å². The van der Waals surface area contributed by atoms with Crippen LogP contribution in [0.5, 0.6) is 0 Å². The van der Waals surface area contributed by atoms with E-state index < -0.39 is 0 Å². The predicted molar refractivity (Wildman–Crippen MR) is 80.4 cm³/mol. The van der Waals surface area contributed by atoms with E-state index >= 15 is 0 Å². The molecule has 1 aliphatic heterocycles. The molecule has 1 N–H and O–H groups in total. The number of carbonyl (C=O) groups excluding carboxylic acids is 1. The summed E-state index contributed by atoms with van der Waals surface area (Å²) in [6.45, 7) is 2.26. The molecule has 116 valence electrons. The average Bonchev–Trinajstić information content (AvgIpc) is 2.91. The van der Waals surface area contributed by atoms with Gasteiger partial charge in [-0.1, -0.05) is 25.7 Å². The van der Waals surface area contributed by atoms with E-state index in [2.05, 4.69) is 4.90 Å². The molecular weight excluding hydrogens is 252 g/mol. The highest BCUT2D eigenvalue weighted by Crippen LogP contribution is 2.29. The summed E-state index contributed by atoms with van der Waals surface area (Å²) < 4.78 is 0. The van der Waals surface area contributed by atoms with Crippen molar-refractivity contribution in [1.29, 1.82) is 0 Å². The Kier molecular flexibility index (Phi) is 5.85. The molecule has 0 aromatic heterocycles. The van der Waals surface area contributed by atoms with Gasteiger partial charge in [-0.2, -0.15) is 0 Å². The lowest BCUT2D eigenvalue weighted by atomic mass is 9.93. The SMILES string of the molecule is CN(C)C[C@@H]1CCN(C(=O)CCC2CCCC2)C[C@H]1O. The fourth-order valence-corrected chi connectivity index (χ4v) is 3.67. The van der Waals surface area contributed by atoms with E-state index in [1.54, 1.807) is 0 Å². The van der Waals surface area contributed by atoms with E-state index in [1.807, 2.05) is 19.0 Å². The van der Waals surface area contributed by atoms with E-state index in [0.717, 1.165) is 31.8 Å². The molecule has 0 spiro atoms. The van der Waals surface area contributed by atoms with Gasteiger partial charge in [-0.25, -0.2) is 0 Å². The maximum absolute atomic E-state index is 12.2. The number of rotatable bonds is 5. The molecule has 4 heteroatoms. The zero-order chi connectivity index (χ0) is 14.5. The summed E-state index contributed by atoms with van der Waals surface area (Å²) in [6.07, 6.45) is 7.58. The summed E-state index contributed by atoms with van der Waals surface area (Å²) in [5.74, 6) is 1.33. The van der Waals surface area contributed by atoms with E-state index in [9.17, 15) is 9.90 Å². The molecule has 2 atom stereocenters. The lowest BCUT2D eigenvalue weighted by Gasteiger charge is -2.37. The van der Waals surface area contributed by atoms with Crippen LogP contribution in [-0.4, -0.2) is 60.6 Å². The molecule has 1 saturated heterocycles. The molecule has 0 radical (unpaired) electrons. The minimum atomic E-state index is -0.360. The Morgan fingerprint density at radius 3 is 2.55 bits per heavy atom. The first kappa shape index (κ1) is 15.8. The Morgan fingerprint density at radius 2 is 1.95 bits per heavy atom. The third kappa shape index (κ3) is 4.45. The van der Waals surface area contributed by atoms with Crippen molar-refractivity contribution < 1.29 is 9.90 Å². The number of nitrogens with zero attached hydrogens (tertiary/aromatic N) is 2. The van der Waals surface area contributed by atoms with Crippen molar-refractivity contribution in [2.24, 2.45) is 11.8 Å². The van der Waals surface area contributed by atoms with Crippen LogP contribution in [0, 0.1) is 11.8 Å². The standard InChI is InChI=1S/C16H30N2O2/c1-17(2)11-14-9-10-18(12-15(14)19)16(20)8-7-13-5-3-4-6-13/h13-15,19H,3-12H2,1-2H3/t14-,15+/m0/s1. The van der Waals surface area contributed by atoms with Gasteiger partial charge in [0.1, 0.15) is 0 Å². The molecule has 1 amide bonds. The van der Waals surface area contributed by atoms with Gasteiger partial charge in [0.15, 0.2) is 0 Å². The molecule has 2 aliphatic rings. The van der Waals surface area contributed by atoms with Crippen LogP contribution in [-0.2, 0) is 4.79 Å². The summed E-state index contributed by atoms with van der Waals surface area (Å²) in [6, 6.07) is 0. The number of carbonyl (C=O) groups is 1. The van der Waals surface area contributed by atoms with Crippen molar-refractivity contribution >= 4 is 5.91 Å². The molecule has 20 heavy (non-hydrogen) atoms. The number of amides is 1. The monoisotopic (exact) mass is 282 g/mol. The second-order valence-corrected chi connectivity index (χ2v) is 6.91. The third-order valence-electron chi connectivity index (χ3n) is 4.91. The van der Waals surface area contributed by atoms with Gasteiger partial charge >= 0.3 is 0 Å². The van der Waals surface area contributed by atoms with Gasteiger partial charge in [-0.05, 0) is 32.9 Å². The highest BCUT2D eigenvalue weighted by atomic mass is 16.3. The second-order valence-electron chi connectivity index (χ2n) is 6.91. The van der Waals surface area contributed by atoms with Gasteiger partial charge in [0.25, 0.3) is 0 Å². The van der Waals surface area contributed by atoms with Crippen molar-refractivity contribution in [2.45, 2.75) is 51.0 Å². The Bertz CT molecular complexity index is 314. The number of aliphatic hydroxyl groups is 1. The number of piperidine rings is 1. The van der Waals surface area contributed by atoms with Gasteiger partial charge in [0.05, 0.1) is 6.10 Å². The maximum Gasteiger partial charge on any atom is 0.222 e. The van der Waals surface area contributed by atoms with E-state index in [1.165, 1.54) is 25.7 Å². The van der Waals surface area contributed by atoms with Gasteiger partial charge in [0.2, 0.25) is 5.91 Å². The second kappa shape index (κ2) is 7.41. The molecule has 0 unspecified atom stereocenters. The highest BCUT2D eigenvalue weighted by molar-refractivity contribution is 5.76. The van der Waals surface area contributed by atoms with Crippen LogP contribution in [0.25, 0.3) is 0 Å². The molecule has 0 bridgehead atoms. The summed E-state index contributed by atoms with van der Waals surface area (Å²) in [4.78, 5) is 16.2. The molecule has 0 aromatic rings. The molecule has 0 aromatic carbocycles. The number of hydrogen-bond donors (Lipinski definition) is 1. The summed E-state index contributed by atoms with van der Waals surface area (Å²) >= 11 is 0. The predicted octanol–water partition coefficient (Wildman–Crippen LogP) is 1.73. The number of aliphatic hydroxyl groups excluding tert-OH is 1. The molecule has 4 nitrogen and oxygen atoms in total. The normalized spacial score (nSPS) is 28.3. The number of likely N-dealkylation sites (tertiary alicyclic amines) is 1. The maximum atomic E-state index is 12.2. The smallest absolute Gasteiger partial charge is 0.222 e. The summed E-state index contributed by atoms with van der Waals surface area (Å²) in [5, 5.41) is 10.2. The fourth-order valence-electron chi connectivity index (χ4n) is 3.67. The van der Waals surface area contributed by atoms with Gasteiger partial charge < -0.3 is 14.9 Å². The van der Waals surface area contributed by atoms with E-state index in [-0.39, 0.29) is 12.0 Å². The van der Waals surface area contributed by atoms with E-state index in [0.29, 0.717) is 18.9 Å². The zero-order valence-corrected chi connectivity index (χ0v) is 13.1. The molecule has 1 heterocycles. The average molecular weight is 282 g/mol. The molecule has 1 saturated carbocycles. The van der Waals surface area contributed by atoms with Crippen LogP contribution in [0.15, 0.2) is 0 Å². The van der Waals surface area contributed by atoms with Crippen molar-refractivity contribution in [2.75, 3.05) is 33.7 Å². The molecule has 1 aliphatic carbocycles. The van der Waals surface area contributed by atoms with Gasteiger partial charge in [-0.15, -0.1) is 0 Å².